The van der Waals surface area contributed by atoms with E-state index in [0.29, 0.717) is 49.3 Å². The van der Waals surface area contributed by atoms with Crippen LogP contribution >= 0.6 is 0 Å². The fourth-order valence-electron chi connectivity index (χ4n) is 4.27. The Labute approximate surface area is 185 Å². The lowest BCUT2D eigenvalue weighted by molar-refractivity contribution is -0.118. The van der Waals surface area contributed by atoms with Crippen molar-refractivity contribution >= 4 is 23.4 Å². The van der Waals surface area contributed by atoms with E-state index in [-0.39, 0.29) is 30.7 Å². The summed E-state index contributed by atoms with van der Waals surface area (Å²) in [7, 11) is 3.50. The number of ether oxygens (including phenoxy) is 1. The van der Waals surface area contributed by atoms with Crippen LogP contribution in [-0.2, 0) is 22.6 Å². The van der Waals surface area contributed by atoms with Crippen molar-refractivity contribution in [3.05, 3.63) is 23.7 Å². The summed E-state index contributed by atoms with van der Waals surface area (Å²) >= 11 is 0. The molecule has 2 aromatic rings. The number of nitrogens with one attached hydrogen (secondary N) is 2. The minimum absolute atomic E-state index is 0.0279. The van der Waals surface area contributed by atoms with Gasteiger partial charge in [0, 0.05) is 58.5 Å². The van der Waals surface area contributed by atoms with Crippen molar-refractivity contribution < 1.29 is 18.3 Å². The molecule has 32 heavy (non-hydrogen) atoms. The van der Waals surface area contributed by atoms with Crippen LogP contribution in [0.3, 0.4) is 0 Å². The van der Waals surface area contributed by atoms with Gasteiger partial charge in [-0.3, -0.25) is 9.48 Å². The predicted molar refractivity (Wildman–Crippen MR) is 116 cm³/mol. The van der Waals surface area contributed by atoms with Gasteiger partial charge in [-0.25, -0.2) is 13.8 Å². The lowest BCUT2D eigenvalue weighted by atomic mass is 9.81. The van der Waals surface area contributed by atoms with Gasteiger partial charge in [0.15, 0.2) is 5.82 Å². The summed E-state index contributed by atoms with van der Waals surface area (Å²) < 4.78 is 32.9. The molecule has 1 saturated carbocycles. The standard InChI is InChI=1S/C21H29F2N7O2/c1-13-17-18(29(2)16(19(31)27-17)5-4-6-32-3)28-20(26-13)24-9-15-10-25-30(12-15)11-14-7-21(22,23)8-14/h10,12,14,16H,4-9,11H2,1-3H3,(H,27,31)(H,24,26,28). The van der Waals surface area contributed by atoms with Gasteiger partial charge in [-0.2, -0.15) is 10.1 Å². The maximum absolute atomic E-state index is 13.0. The molecule has 0 radical (unpaired) electrons. The minimum atomic E-state index is -2.51. The van der Waals surface area contributed by atoms with Gasteiger partial charge in [0.25, 0.3) is 0 Å². The van der Waals surface area contributed by atoms with E-state index >= 15 is 0 Å². The van der Waals surface area contributed by atoms with E-state index < -0.39 is 5.92 Å². The summed E-state index contributed by atoms with van der Waals surface area (Å²) in [5.74, 6) is -1.49. The van der Waals surface area contributed by atoms with Gasteiger partial charge < -0.3 is 20.3 Å². The van der Waals surface area contributed by atoms with Gasteiger partial charge in [-0.1, -0.05) is 0 Å². The minimum Gasteiger partial charge on any atom is -0.385 e. The number of alkyl halides is 2. The summed E-state index contributed by atoms with van der Waals surface area (Å²) in [6.45, 7) is 3.37. The molecule has 2 aromatic heterocycles. The van der Waals surface area contributed by atoms with Crippen molar-refractivity contribution in [1.82, 2.24) is 19.7 Å². The summed E-state index contributed by atoms with van der Waals surface area (Å²) in [4.78, 5) is 23.5. The van der Waals surface area contributed by atoms with Crippen LogP contribution in [-0.4, -0.2) is 58.4 Å². The van der Waals surface area contributed by atoms with Crippen molar-refractivity contribution in [2.75, 3.05) is 36.3 Å². The number of aromatic nitrogens is 4. The van der Waals surface area contributed by atoms with Crippen molar-refractivity contribution in [3.63, 3.8) is 0 Å². The Morgan fingerprint density at radius 3 is 2.84 bits per heavy atom. The van der Waals surface area contributed by atoms with Gasteiger partial charge in [-0.05, 0) is 25.7 Å². The summed E-state index contributed by atoms with van der Waals surface area (Å²) in [6.07, 6.45) is 4.86. The molecule has 1 aliphatic carbocycles. The fraction of sp³-hybridized carbons (Fsp3) is 0.619. The number of methoxy groups -OCH3 is 1. The second-order valence-corrected chi connectivity index (χ2v) is 8.64. The number of halogens is 2. The first-order valence-electron chi connectivity index (χ1n) is 10.8. The molecular formula is C21H29F2N7O2. The van der Waals surface area contributed by atoms with Crippen LogP contribution in [0, 0.1) is 12.8 Å². The van der Waals surface area contributed by atoms with Gasteiger partial charge in [0.1, 0.15) is 11.7 Å². The van der Waals surface area contributed by atoms with Crippen LogP contribution in [0.25, 0.3) is 0 Å². The summed E-state index contributed by atoms with van der Waals surface area (Å²) in [5.41, 5.74) is 2.21. The Bertz CT molecular complexity index is 973. The molecule has 0 saturated heterocycles. The van der Waals surface area contributed by atoms with Gasteiger partial charge in [0.2, 0.25) is 17.8 Å². The number of rotatable bonds is 9. The molecule has 0 aromatic carbocycles. The largest absolute Gasteiger partial charge is 0.385 e. The van der Waals surface area contributed by atoms with Crippen LogP contribution in [0.5, 0.6) is 0 Å². The first kappa shape index (κ1) is 22.4. The summed E-state index contributed by atoms with van der Waals surface area (Å²) in [5, 5.41) is 10.4. The molecule has 9 nitrogen and oxygen atoms in total. The average Bonchev–Trinajstić information content (AvgIpc) is 3.16. The van der Waals surface area contributed by atoms with Crippen LogP contribution < -0.4 is 15.5 Å². The van der Waals surface area contributed by atoms with Gasteiger partial charge in [0.05, 0.1) is 11.9 Å². The smallest absolute Gasteiger partial charge is 0.248 e. The van der Waals surface area contributed by atoms with E-state index in [0.717, 1.165) is 12.0 Å². The zero-order chi connectivity index (χ0) is 22.9. The molecule has 2 N–H and O–H groups in total. The lowest BCUT2D eigenvalue weighted by Crippen LogP contribution is -2.47. The first-order valence-corrected chi connectivity index (χ1v) is 10.8. The Morgan fingerprint density at radius 2 is 2.12 bits per heavy atom. The van der Waals surface area contributed by atoms with Crippen molar-refractivity contribution in [1.29, 1.82) is 0 Å². The third-order valence-electron chi connectivity index (χ3n) is 6.01. The number of amides is 1. The molecule has 174 valence electrons. The topological polar surface area (TPSA) is 97.2 Å². The fourth-order valence-corrected chi connectivity index (χ4v) is 4.27. The van der Waals surface area contributed by atoms with E-state index in [9.17, 15) is 13.6 Å². The van der Waals surface area contributed by atoms with Crippen LogP contribution in [0.2, 0.25) is 0 Å². The van der Waals surface area contributed by atoms with Crippen molar-refractivity contribution in [2.24, 2.45) is 5.92 Å². The number of carbonyl (C=O) groups is 1. The molecule has 0 spiro atoms. The normalized spacial score (nSPS) is 20.0. The number of aryl methyl sites for hydroxylation is 1. The monoisotopic (exact) mass is 449 g/mol. The molecule has 3 heterocycles. The average molecular weight is 450 g/mol. The second-order valence-electron chi connectivity index (χ2n) is 8.64. The zero-order valence-electron chi connectivity index (χ0n) is 18.6. The number of hydrogen-bond donors (Lipinski definition) is 2. The van der Waals surface area contributed by atoms with E-state index in [4.69, 9.17) is 4.74 Å². The molecule has 2 aliphatic rings. The zero-order valence-corrected chi connectivity index (χ0v) is 18.6. The molecule has 1 amide bonds. The molecule has 0 bridgehead atoms. The highest BCUT2D eigenvalue weighted by atomic mass is 19.3. The first-order chi connectivity index (χ1) is 15.3. The Balaban J connectivity index is 1.39. The lowest BCUT2D eigenvalue weighted by Gasteiger charge is -2.34. The number of likely N-dealkylation sites (N-methyl/N-ethyl adjacent to an activating group) is 1. The van der Waals surface area contributed by atoms with E-state index in [1.54, 1.807) is 18.0 Å². The molecule has 1 aliphatic heterocycles. The summed E-state index contributed by atoms with van der Waals surface area (Å²) in [6, 6.07) is -0.322. The van der Waals surface area contributed by atoms with Crippen LogP contribution in [0.4, 0.5) is 26.2 Å². The number of fused-ring (bicyclic) bond motifs is 1. The SMILES string of the molecule is COCCCC1C(=O)Nc2c(C)nc(NCc3cnn(CC4CC(F)(F)C4)c3)nc2N1C. The molecule has 1 atom stereocenters. The van der Waals surface area contributed by atoms with Crippen LogP contribution in [0.15, 0.2) is 12.4 Å². The van der Waals surface area contributed by atoms with Gasteiger partial charge in [-0.15, -0.1) is 0 Å². The second kappa shape index (κ2) is 8.97. The number of hydrogen-bond acceptors (Lipinski definition) is 7. The third kappa shape index (κ3) is 4.82. The number of anilines is 3. The predicted octanol–water partition coefficient (Wildman–Crippen LogP) is 2.82. The molecular weight excluding hydrogens is 420 g/mol. The Hall–Kier alpha value is -2.82. The van der Waals surface area contributed by atoms with E-state index in [1.165, 1.54) is 0 Å². The van der Waals surface area contributed by atoms with Crippen molar-refractivity contribution in [2.45, 2.75) is 57.7 Å². The van der Waals surface area contributed by atoms with Gasteiger partial charge >= 0.3 is 0 Å². The highest BCUT2D eigenvalue weighted by Crippen LogP contribution is 2.43. The van der Waals surface area contributed by atoms with E-state index in [1.807, 2.05) is 25.1 Å². The quantitative estimate of drug-likeness (QED) is 0.568. The highest BCUT2D eigenvalue weighted by Gasteiger charge is 2.45. The number of nitrogens with zero attached hydrogens (tertiary/aromatic N) is 5. The van der Waals surface area contributed by atoms with Crippen molar-refractivity contribution in [3.8, 4) is 0 Å². The maximum atomic E-state index is 13.0. The molecule has 1 unspecified atom stereocenters. The Kier molecular flexibility index (Phi) is 6.27. The highest BCUT2D eigenvalue weighted by molar-refractivity contribution is 6.03. The van der Waals surface area contributed by atoms with Crippen LogP contribution in [0.1, 0.15) is 36.9 Å². The Morgan fingerprint density at radius 1 is 1.34 bits per heavy atom. The molecule has 4 rings (SSSR count). The van der Waals surface area contributed by atoms with E-state index in [2.05, 4.69) is 25.7 Å². The molecule has 1 fully saturated rings. The maximum Gasteiger partial charge on any atom is 0.248 e. The third-order valence-corrected chi connectivity index (χ3v) is 6.01. The molecule has 11 heteroatoms. The number of carbonyl (C=O) groups excluding carboxylic acids is 1.